The van der Waals surface area contributed by atoms with E-state index in [1.165, 1.54) is 12.1 Å². The Morgan fingerprint density at radius 2 is 2.17 bits per heavy atom. The summed E-state index contributed by atoms with van der Waals surface area (Å²) >= 11 is 1.05. The van der Waals surface area contributed by atoms with E-state index in [9.17, 15) is 8.42 Å². The van der Waals surface area contributed by atoms with Crippen molar-refractivity contribution in [2.75, 3.05) is 4.72 Å². The fourth-order valence-electron chi connectivity index (χ4n) is 1.85. The number of nitriles is 1. The van der Waals surface area contributed by atoms with E-state index in [-0.39, 0.29) is 4.21 Å². The number of hydrogen-bond acceptors (Lipinski definition) is 7. The fourth-order valence-corrected chi connectivity index (χ4v) is 4.06. The van der Waals surface area contributed by atoms with Gasteiger partial charge in [-0.1, -0.05) is 11.2 Å². The Bertz CT molecular complexity index is 999. The third-order valence-electron chi connectivity index (χ3n) is 2.87. The lowest BCUT2D eigenvalue weighted by Gasteiger charge is -2.05. The van der Waals surface area contributed by atoms with Crippen LogP contribution < -0.4 is 4.72 Å². The van der Waals surface area contributed by atoms with Crippen molar-refractivity contribution in [1.82, 2.24) is 10.1 Å². The molecule has 0 radical (unpaired) electrons. The van der Waals surface area contributed by atoms with Gasteiger partial charge in [0.15, 0.2) is 0 Å². The van der Waals surface area contributed by atoms with Gasteiger partial charge < -0.3 is 4.52 Å². The summed E-state index contributed by atoms with van der Waals surface area (Å²) in [5.41, 5.74) is 1.27. The maximum absolute atomic E-state index is 12.4. The molecule has 0 aliphatic rings. The first-order chi connectivity index (χ1) is 11.0. The molecule has 23 heavy (non-hydrogen) atoms. The summed E-state index contributed by atoms with van der Waals surface area (Å²) in [7, 11) is -3.75. The summed E-state index contributed by atoms with van der Waals surface area (Å²) in [5.74, 6) is 0.744. The van der Waals surface area contributed by atoms with Crippen LogP contribution in [0.4, 0.5) is 5.69 Å². The molecule has 0 saturated heterocycles. The van der Waals surface area contributed by atoms with Crippen LogP contribution in [0.5, 0.6) is 0 Å². The minimum atomic E-state index is -3.75. The third-order valence-corrected chi connectivity index (χ3v) is 5.69. The third kappa shape index (κ3) is 3.23. The average Bonchev–Trinajstić information content (AvgIpc) is 3.16. The van der Waals surface area contributed by atoms with Gasteiger partial charge >= 0.3 is 0 Å². The molecule has 1 aromatic carbocycles. The van der Waals surface area contributed by atoms with Crippen molar-refractivity contribution < 1.29 is 12.9 Å². The van der Waals surface area contributed by atoms with Gasteiger partial charge in [0.25, 0.3) is 10.0 Å². The molecule has 116 valence electrons. The fraction of sp³-hybridized carbons (Fsp3) is 0.0714. The first kappa shape index (κ1) is 15.2. The molecule has 0 fully saturated rings. The molecule has 7 nitrogen and oxygen atoms in total. The van der Waals surface area contributed by atoms with Crippen LogP contribution in [0, 0.1) is 18.3 Å². The van der Waals surface area contributed by atoms with E-state index in [4.69, 9.17) is 9.78 Å². The van der Waals surface area contributed by atoms with Crippen molar-refractivity contribution in [2.24, 2.45) is 0 Å². The van der Waals surface area contributed by atoms with Gasteiger partial charge in [0.1, 0.15) is 4.21 Å². The molecular formula is C14H10N4O3S2. The van der Waals surface area contributed by atoms with Crippen molar-refractivity contribution in [3.63, 3.8) is 0 Å². The number of aryl methyl sites for hydroxylation is 1. The van der Waals surface area contributed by atoms with Gasteiger partial charge in [0.05, 0.1) is 17.3 Å². The molecule has 0 aliphatic heterocycles. The highest BCUT2D eigenvalue weighted by molar-refractivity contribution is 7.94. The number of aromatic nitrogens is 2. The SMILES string of the molecule is Cc1nc(-c2csc(S(=O)(=O)Nc3cccc(C#N)c3)c2)no1. The minimum Gasteiger partial charge on any atom is -0.339 e. The van der Waals surface area contributed by atoms with Gasteiger partial charge in [0, 0.05) is 17.9 Å². The quantitative estimate of drug-likeness (QED) is 0.778. The van der Waals surface area contributed by atoms with Gasteiger partial charge in [-0.3, -0.25) is 4.72 Å². The topological polar surface area (TPSA) is 109 Å². The highest BCUT2D eigenvalue weighted by atomic mass is 32.2. The van der Waals surface area contributed by atoms with E-state index in [1.54, 1.807) is 30.5 Å². The van der Waals surface area contributed by atoms with Crippen molar-refractivity contribution in [3.8, 4) is 17.5 Å². The van der Waals surface area contributed by atoms with E-state index < -0.39 is 10.0 Å². The highest BCUT2D eigenvalue weighted by Gasteiger charge is 2.19. The Morgan fingerprint density at radius 1 is 1.35 bits per heavy atom. The van der Waals surface area contributed by atoms with Crippen LogP contribution in [0.1, 0.15) is 11.5 Å². The number of nitrogens with zero attached hydrogens (tertiary/aromatic N) is 3. The van der Waals surface area contributed by atoms with Gasteiger partial charge in [-0.25, -0.2) is 8.42 Å². The van der Waals surface area contributed by atoms with Gasteiger partial charge in [0.2, 0.25) is 11.7 Å². The minimum absolute atomic E-state index is 0.123. The van der Waals surface area contributed by atoms with Crippen molar-refractivity contribution >= 4 is 27.0 Å². The van der Waals surface area contributed by atoms with E-state index in [1.807, 2.05) is 6.07 Å². The number of sulfonamides is 1. The Kier molecular flexibility index (Phi) is 3.85. The van der Waals surface area contributed by atoms with E-state index >= 15 is 0 Å². The summed E-state index contributed by atoms with van der Waals surface area (Å²) in [6.07, 6.45) is 0. The van der Waals surface area contributed by atoms with Crippen LogP contribution in [-0.4, -0.2) is 18.6 Å². The number of benzene rings is 1. The normalized spacial score (nSPS) is 11.1. The molecule has 0 spiro atoms. The summed E-state index contributed by atoms with van der Waals surface area (Å²) in [4.78, 5) is 4.06. The van der Waals surface area contributed by atoms with Crippen LogP contribution in [0.3, 0.4) is 0 Å². The van der Waals surface area contributed by atoms with Crippen LogP contribution in [0.15, 0.2) is 44.4 Å². The van der Waals surface area contributed by atoms with Gasteiger partial charge in [-0.15, -0.1) is 11.3 Å². The molecule has 3 aromatic rings. The van der Waals surface area contributed by atoms with Crippen LogP contribution >= 0.6 is 11.3 Å². The zero-order valence-electron chi connectivity index (χ0n) is 11.8. The summed E-state index contributed by atoms with van der Waals surface area (Å²) < 4.78 is 32.3. The summed E-state index contributed by atoms with van der Waals surface area (Å²) in [6.45, 7) is 1.66. The Morgan fingerprint density at radius 3 is 2.87 bits per heavy atom. The van der Waals surface area contributed by atoms with Crippen LogP contribution in [0.2, 0.25) is 0 Å². The van der Waals surface area contributed by atoms with Crippen molar-refractivity contribution in [3.05, 3.63) is 47.2 Å². The smallest absolute Gasteiger partial charge is 0.271 e. The number of rotatable bonds is 4. The highest BCUT2D eigenvalue weighted by Crippen LogP contribution is 2.28. The molecule has 2 heterocycles. The molecule has 3 rings (SSSR count). The first-order valence-electron chi connectivity index (χ1n) is 6.40. The molecule has 0 bridgehead atoms. The van der Waals surface area contributed by atoms with Gasteiger partial charge in [-0.05, 0) is 24.3 Å². The molecule has 0 saturated carbocycles. The Balaban J connectivity index is 1.88. The predicted molar refractivity (Wildman–Crippen MR) is 84.3 cm³/mol. The number of nitrogens with one attached hydrogen (secondary N) is 1. The maximum atomic E-state index is 12.4. The second-order valence-electron chi connectivity index (χ2n) is 4.59. The summed E-state index contributed by atoms with van der Waals surface area (Å²) in [6, 6.07) is 9.69. The number of hydrogen-bond donors (Lipinski definition) is 1. The Labute approximate surface area is 136 Å². The van der Waals surface area contributed by atoms with E-state index in [0.717, 1.165) is 11.3 Å². The van der Waals surface area contributed by atoms with Gasteiger partial charge in [-0.2, -0.15) is 10.2 Å². The molecule has 0 aliphatic carbocycles. The Hall–Kier alpha value is -2.70. The molecule has 1 N–H and O–H groups in total. The largest absolute Gasteiger partial charge is 0.339 e. The monoisotopic (exact) mass is 346 g/mol. The standard InChI is InChI=1S/C14H10N4O3S2/c1-9-16-14(17-21-9)11-6-13(22-8-11)23(19,20)18-12-4-2-3-10(5-12)7-15/h2-6,8,18H,1H3. The predicted octanol–water partition coefficient (Wildman–Crippen LogP) is 2.78. The second kappa shape index (κ2) is 5.83. The molecule has 9 heteroatoms. The molecule has 2 aromatic heterocycles. The van der Waals surface area contributed by atoms with Crippen LogP contribution in [-0.2, 0) is 10.0 Å². The molecular weight excluding hydrogens is 336 g/mol. The lowest BCUT2D eigenvalue weighted by atomic mass is 10.2. The summed E-state index contributed by atoms with van der Waals surface area (Å²) in [5, 5.41) is 14.3. The number of thiophene rings is 1. The first-order valence-corrected chi connectivity index (χ1v) is 8.76. The molecule has 0 amide bonds. The average molecular weight is 346 g/mol. The maximum Gasteiger partial charge on any atom is 0.271 e. The zero-order valence-corrected chi connectivity index (χ0v) is 13.5. The molecule has 0 unspecified atom stereocenters. The number of anilines is 1. The molecule has 0 atom stereocenters. The van der Waals surface area contributed by atoms with Crippen molar-refractivity contribution in [1.29, 1.82) is 5.26 Å². The van der Waals surface area contributed by atoms with E-state index in [2.05, 4.69) is 14.9 Å². The van der Waals surface area contributed by atoms with Crippen molar-refractivity contribution in [2.45, 2.75) is 11.1 Å². The van der Waals surface area contributed by atoms with Crippen LogP contribution in [0.25, 0.3) is 11.4 Å². The lowest BCUT2D eigenvalue weighted by Crippen LogP contribution is -2.11. The zero-order chi connectivity index (χ0) is 16.4. The lowest BCUT2D eigenvalue weighted by molar-refractivity contribution is 0.394. The second-order valence-corrected chi connectivity index (χ2v) is 7.41. The van der Waals surface area contributed by atoms with E-state index in [0.29, 0.717) is 28.5 Å².